The molecule has 0 unspecified atom stereocenters. The van der Waals surface area contributed by atoms with E-state index in [0.717, 1.165) is 10.0 Å². The zero-order chi connectivity index (χ0) is 17.7. The molecule has 0 aromatic heterocycles. The third kappa shape index (κ3) is 4.97. The van der Waals surface area contributed by atoms with Crippen LogP contribution < -0.4 is 10.2 Å². The van der Waals surface area contributed by atoms with Crippen molar-refractivity contribution in [3.05, 3.63) is 57.0 Å². The number of aromatic hydroxyl groups is 1. The number of nitrogens with one attached hydrogen (secondary N) is 1. The third-order valence-electron chi connectivity index (χ3n) is 3.18. The van der Waals surface area contributed by atoms with E-state index in [1.807, 2.05) is 6.92 Å². The highest BCUT2D eigenvalue weighted by molar-refractivity contribution is 9.10. The summed E-state index contributed by atoms with van der Waals surface area (Å²) in [5, 5.41) is 14.1. The Labute approximate surface area is 153 Å². The number of nitrogens with zero attached hydrogens (tertiary/aromatic N) is 1. The minimum atomic E-state index is -0.738. The lowest BCUT2D eigenvalue weighted by molar-refractivity contribution is -0.127. The average Bonchev–Trinajstić information content (AvgIpc) is 2.53. The van der Waals surface area contributed by atoms with E-state index in [1.54, 1.807) is 37.3 Å². The minimum Gasteiger partial charge on any atom is -0.507 e. The molecule has 2 N–H and O–H groups in total. The van der Waals surface area contributed by atoms with Crippen LogP contribution in [-0.2, 0) is 4.79 Å². The topological polar surface area (TPSA) is 70.9 Å². The number of ether oxygens (including phenoxy) is 1. The van der Waals surface area contributed by atoms with Gasteiger partial charge in [0, 0.05) is 15.1 Å². The Hall–Kier alpha value is -2.05. The first-order chi connectivity index (χ1) is 11.4. The highest BCUT2D eigenvalue weighted by Gasteiger charge is 2.15. The van der Waals surface area contributed by atoms with Crippen LogP contribution in [0.15, 0.2) is 46.0 Å². The lowest BCUT2D eigenvalue weighted by Crippen LogP contribution is -2.33. The van der Waals surface area contributed by atoms with E-state index < -0.39 is 12.0 Å². The van der Waals surface area contributed by atoms with Gasteiger partial charge in [0.25, 0.3) is 5.91 Å². The number of carbonyl (C=O) groups is 1. The van der Waals surface area contributed by atoms with Crippen molar-refractivity contribution in [3.8, 4) is 11.5 Å². The molecule has 2 aromatic rings. The fourth-order valence-electron chi connectivity index (χ4n) is 1.87. The number of phenols is 1. The summed E-state index contributed by atoms with van der Waals surface area (Å²) in [5.41, 5.74) is 3.70. The van der Waals surface area contributed by atoms with Gasteiger partial charge in [0.2, 0.25) is 0 Å². The Morgan fingerprint density at radius 2 is 2.12 bits per heavy atom. The molecule has 1 atom stereocenters. The number of hydrogen-bond acceptors (Lipinski definition) is 4. The number of amides is 1. The van der Waals surface area contributed by atoms with Crippen LogP contribution in [0.4, 0.5) is 0 Å². The van der Waals surface area contributed by atoms with Crippen molar-refractivity contribution >= 4 is 39.7 Å². The van der Waals surface area contributed by atoms with E-state index in [1.165, 1.54) is 12.3 Å². The van der Waals surface area contributed by atoms with Crippen molar-refractivity contribution in [3.63, 3.8) is 0 Å². The van der Waals surface area contributed by atoms with Crippen molar-refractivity contribution < 1.29 is 14.6 Å². The second-order valence-electron chi connectivity index (χ2n) is 5.11. The summed E-state index contributed by atoms with van der Waals surface area (Å²) in [4.78, 5) is 12.0. The fraction of sp³-hybridized carbons (Fsp3) is 0.176. The van der Waals surface area contributed by atoms with Crippen LogP contribution in [0.3, 0.4) is 0 Å². The fourth-order valence-corrected chi connectivity index (χ4v) is 2.48. The molecule has 0 saturated heterocycles. The summed E-state index contributed by atoms with van der Waals surface area (Å²) in [6.07, 6.45) is 0.622. The molecule has 0 radical (unpaired) electrons. The van der Waals surface area contributed by atoms with Gasteiger partial charge in [0.05, 0.1) is 6.21 Å². The van der Waals surface area contributed by atoms with Gasteiger partial charge in [-0.3, -0.25) is 4.79 Å². The summed E-state index contributed by atoms with van der Waals surface area (Å²) in [5.74, 6) is 0.239. The predicted octanol–water partition coefficient (Wildman–Crippen LogP) is 4.03. The normalized spacial score (nSPS) is 12.2. The van der Waals surface area contributed by atoms with Crippen molar-refractivity contribution in [2.24, 2.45) is 5.10 Å². The maximum absolute atomic E-state index is 12.0. The third-order valence-corrected chi connectivity index (χ3v) is 3.91. The highest BCUT2D eigenvalue weighted by atomic mass is 79.9. The number of phenolic OH excluding ortho intramolecular Hbond substituents is 1. The Bertz CT molecular complexity index is 780. The number of aryl methyl sites for hydroxylation is 1. The maximum atomic E-state index is 12.0. The molecule has 0 heterocycles. The first-order valence-electron chi connectivity index (χ1n) is 7.11. The van der Waals surface area contributed by atoms with E-state index in [2.05, 4.69) is 26.5 Å². The summed E-state index contributed by atoms with van der Waals surface area (Å²) in [6.45, 7) is 3.47. The number of halogens is 2. The van der Waals surface area contributed by atoms with Gasteiger partial charge in [-0.05, 0) is 55.8 Å². The zero-order valence-corrected chi connectivity index (χ0v) is 15.4. The number of rotatable bonds is 5. The molecule has 2 aromatic carbocycles. The molecule has 0 spiro atoms. The highest BCUT2D eigenvalue weighted by Crippen LogP contribution is 2.23. The monoisotopic (exact) mass is 410 g/mol. The van der Waals surface area contributed by atoms with Gasteiger partial charge in [0.15, 0.2) is 6.10 Å². The predicted molar refractivity (Wildman–Crippen MR) is 97.8 cm³/mol. The molecule has 5 nitrogen and oxygen atoms in total. The molecule has 1 amide bonds. The van der Waals surface area contributed by atoms with Gasteiger partial charge in [-0.15, -0.1) is 0 Å². The lowest BCUT2D eigenvalue weighted by Gasteiger charge is -2.14. The Morgan fingerprint density at radius 1 is 1.38 bits per heavy atom. The molecule has 126 valence electrons. The number of hydrazone groups is 1. The summed E-state index contributed by atoms with van der Waals surface area (Å²) < 4.78 is 6.40. The van der Waals surface area contributed by atoms with Crippen LogP contribution in [0.25, 0.3) is 0 Å². The Morgan fingerprint density at radius 3 is 2.83 bits per heavy atom. The van der Waals surface area contributed by atoms with Gasteiger partial charge < -0.3 is 9.84 Å². The summed E-state index contributed by atoms with van der Waals surface area (Å²) >= 11 is 9.19. The first-order valence-corrected chi connectivity index (χ1v) is 8.28. The molecule has 7 heteroatoms. The SMILES string of the molecule is Cc1cc(Cl)ccc1O[C@H](C)C(=O)N/N=C\c1cc(Br)ccc1O. The van der Waals surface area contributed by atoms with Gasteiger partial charge in [-0.25, -0.2) is 5.43 Å². The lowest BCUT2D eigenvalue weighted by atomic mass is 10.2. The van der Waals surface area contributed by atoms with E-state index in [-0.39, 0.29) is 5.75 Å². The summed E-state index contributed by atoms with van der Waals surface area (Å²) in [6, 6.07) is 10.1. The molecule has 24 heavy (non-hydrogen) atoms. The van der Waals surface area contributed by atoms with E-state index in [9.17, 15) is 9.90 Å². The van der Waals surface area contributed by atoms with E-state index >= 15 is 0 Å². The van der Waals surface area contributed by atoms with E-state index in [4.69, 9.17) is 16.3 Å². The second kappa shape index (κ2) is 8.17. The van der Waals surface area contributed by atoms with Gasteiger partial charge in [-0.2, -0.15) is 5.10 Å². The van der Waals surface area contributed by atoms with Crippen LogP contribution >= 0.6 is 27.5 Å². The largest absolute Gasteiger partial charge is 0.507 e. The molecular formula is C17H16BrClN2O3. The van der Waals surface area contributed by atoms with Crippen molar-refractivity contribution in [2.45, 2.75) is 20.0 Å². The van der Waals surface area contributed by atoms with Crippen LogP contribution in [0.2, 0.25) is 5.02 Å². The van der Waals surface area contributed by atoms with Crippen LogP contribution in [0.1, 0.15) is 18.1 Å². The summed E-state index contributed by atoms with van der Waals surface area (Å²) in [7, 11) is 0. The molecule has 0 aliphatic carbocycles. The number of carbonyl (C=O) groups excluding carboxylic acids is 1. The molecule has 0 saturated carbocycles. The van der Waals surface area contributed by atoms with E-state index in [0.29, 0.717) is 16.3 Å². The second-order valence-corrected chi connectivity index (χ2v) is 6.46. The maximum Gasteiger partial charge on any atom is 0.280 e. The van der Waals surface area contributed by atoms with Crippen LogP contribution in [0.5, 0.6) is 11.5 Å². The Kier molecular flexibility index (Phi) is 6.23. The molecule has 0 fully saturated rings. The van der Waals surface area contributed by atoms with Gasteiger partial charge in [0.1, 0.15) is 11.5 Å². The molecule has 0 bridgehead atoms. The van der Waals surface area contributed by atoms with Gasteiger partial charge in [-0.1, -0.05) is 27.5 Å². The van der Waals surface area contributed by atoms with Crippen molar-refractivity contribution in [1.29, 1.82) is 0 Å². The molecular weight excluding hydrogens is 396 g/mol. The average molecular weight is 412 g/mol. The number of benzene rings is 2. The quantitative estimate of drug-likeness (QED) is 0.576. The molecule has 0 aliphatic heterocycles. The molecule has 0 aliphatic rings. The van der Waals surface area contributed by atoms with Crippen LogP contribution in [0, 0.1) is 6.92 Å². The standard InChI is InChI=1S/C17H16BrClN2O3/c1-10-7-14(19)4-6-16(10)24-11(2)17(23)21-20-9-12-8-13(18)3-5-15(12)22/h3-9,11,22H,1-2H3,(H,21,23)/b20-9-/t11-/m1/s1. The van der Waals surface area contributed by atoms with Gasteiger partial charge >= 0.3 is 0 Å². The number of hydrogen-bond donors (Lipinski definition) is 2. The van der Waals surface area contributed by atoms with Crippen molar-refractivity contribution in [1.82, 2.24) is 5.43 Å². The first kappa shape index (κ1) is 18.3. The smallest absolute Gasteiger partial charge is 0.280 e. The zero-order valence-electron chi connectivity index (χ0n) is 13.1. The minimum absolute atomic E-state index is 0.0669. The van der Waals surface area contributed by atoms with Crippen LogP contribution in [-0.4, -0.2) is 23.3 Å². The molecule has 2 rings (SSSR count). The Balaban J connectivity index is 1.96. The van der Waals surface area contributed by atoms with Crippen molar-refractivity contribution in [2.75, 3.05) is 0 Å².